The van der Waals surface area contributed by atoms with Gasteiger partial charge in [-0.25, -0.2) is 17.5 Å². The molecule has 0 fully saturated rings. The van der Waals surface area contributed by atoms with E-state index in [-0.39, 0.29) is 5.82 Å². The molecule has 2 rings (SSSR count). The first-order valence-corrected chi connectivity index (χ1v) is 9.65. The molecular formula is C15H19FN2O2S2. The van der Waals surface area contributed by atoms with Gasteiger partial charge in [-0.1, -0.05) is 12.1 Å². The minimum absolute atomic E-state index is 0.232. The summed E-state index contributed by atoms with van der Waals surface area (Å²) in [6, 6.07) is 10.5. The summed E-state index contributed by atoms with van der Waals surface area (Å²) >= 11 is 1.66. The zero-order chi connectivity index (χ0) is 16.0. The number of benzene rings is 1. The van der Waals surface area contributed by atoms with Crippen LogP contribution in [0.25, 0.3) is 10.4 Å². The summed E-state index contributed by atoms with van der Waals surface area (Å²) in [6.07, 6.45) is 1.90. The van der Waals surface area contributed by atoms with Crippen LogP contribution in [0.2, 0.25) is 0 Å². The van der Waals surface area contributed by atoms with Crippen molar-refractivity contribution in [3.05, 3.63) is 47.1 Å². The summed E-state index contributed by atoms with van der Waals surface area (Å²) in [5, 5.41) is 3.28. The molecule has 0 bridgehead atoms. The largest absolute Gasteiger partial charge is 0.312 e. The first-order chi connectivity index (χ1) is 10.4. The highest BCUT2D eigenvalue weighted by molar-refractivity contribution is 7.88. The van der Waals surface area contributed by atoms with Gasteiger partial charge < -0.3 is 5.32 Å². The summed E-state index contributed by atoms with van der Waals surface area (Å²) in [7, 11) is -3.10. The number of hydrogen-bond acceptors (Lipinski definition) is 4. The molecule has 1 aromatic heterocycles. The second kappa shape index (κ2) is 7.82. The summed E-state index contributed by atoms with van der Waals surface area (Å²) in [5.74, 6) is -0.232. The van der Waals surface area contributed by atoms with Gasteiger partial charge in [0.05, 0.1) is 6.26 Å². The van der Waals surface area contributed by atoms with E-state index in [2.05, 4.69) is 10.0 Å². The highest BCUT2D eigenvalue weighted by Gasteiger charge is 2.03. The van der Waals surface area contributed by atoms with E-state index < -0.39 is 10.0 Å². The lowest BCUT2D eigenvalue weighted by Crippen LogP contribution is -2.26. The zero-order valence-corrected chi connectivity index (χ0v) is 13.9. The summed E-state index contributed by atoms with van der Waals surface area (Å²) < 4.78 is 37.1. The van der Waals surface area contributed by atoms with Crippen molar-refractivity contribution in [2.45, 2.75) is 13.0 Å². The molecule has 120 valence electrons. The number of rotatable bonds is 8. The van der Waals surface area contributed by atoms with Crippen molar-refractivity contribution in [1.82, 2.24) is 10.0 Å². The van der Waals surface area contributed by atoms with E-state index in [1.54, 1.807) is 23.5 Å². The van der Waals surface area contributed by atoms with Gasteiger partial charge in [0, 0.05) is 22.8 Å². The number of thiophene rings is 1. The Morgan fingerprint density at radius 1 is 1.09 bits per heavy atom. The van der Waals surface area contributed by atoms with Crippen LogP contribution in [-0.4, -0.2) is 27.8 Å². The van der Waals surface area contributed by atoms with Crippen LogP contribution in [-0.2, 0) is 16.6 Å². The highest BCUT2D eigenvalue weighted by atomic mass is 32.2. The average Bonchev–Trinajstić information content (AvgIpc) is 2.91. The lowest BCUT2D eigenvalue weighted by Gasteiger charge is -2.04. The number of sulfonamides is 1. The number of hydrogen-bond donors (Lipinski definition) is 2. The Labute approximate surface area is 134 Å². The molecule has 0 saturated carbocycles. The smallest absolute Gasteiger partial charge is 0.208 e. The van der Waals surface area contributed by atoms with Gasteiger partial charge in [-0.2, -0.15) is 0 Å². The van der Waals surface area contributed by atoms with Gasteiger partial charge in [-0.05, 0) is 42.8 Å². The van der Waals surface area contributed by atoms with E-state index in [1.807, 2.05) is 12.1 Å². The van der Waals surface area contributed by atoms with Crippen LogP contribution in [0, 0.1) is 5.82 Å². The molecule has 0 aliphatic heterocycles. The van der Waals surface area contributed by atoms with Crippen LogP contribution < -0.4 is 10.0 Å². The maximum atomic E-state index is 12.9. The Morgan fingerprint density at radius 3 is 2.50 bits per heavy atom. The van der Waals surface area contributed by atoms with E-state index in [4.69, 9.17) is 0 Å². The topological polar surface area (TPSA) is 58.2 Å². The van der Waals surface area contributed by atoms with Crippen molar-refractivity contribution >= 4 is 21.4 Å². The lowest BCUT2D eigenvalue weighted by atomic mass is 10.2. The Hall–Kier alpha value is -1.28. The van der Waals surface area contributed by atoms with Crippen molar-refractivity contribution < 1.29 is 12.8 Å². The molecule has 4 nitrogen and oxygen atoms in total. The minimum atomic E-state index is -3.10. The first kappa shape index (κ1) is 17.1. The second-order valence-corrected chi connectivity index (χ2v) is 7.97. The van der Waals surface area contributed by atoms with Crippen molar-refractivity contribution in [1.29, 1.82) is 0 Å². The Bertz CT molecular complexity index is 697. The minimum Gasteiger partial charge on any atom is -0.312 e. The van der Waals surface area contributed by atoms with Gasteiger partial charge in [0.1, 0.15) is 5.82 Å². The molecular weight excluding hydrogens is 323 g/mol. The van der Waals surface area contributed by atoms with Gasteiger partial charge in [0.25, 0.3) is 0 Å². The van der Waals surface area contributed by atoms with Gasteiger partial charge in [-0.3, -0.25) is 0 Å². The van der Waals surface area contributed by atoms with E-state index in [0.29, 0.717) is 6.54 Å². The third kappa shape index (κ3) is 5.84. The fourth-order valence-electron chi connectivity index (χ4n) is 1.92. The standard InChI is InChI=1S/C15H19FN2O2S2/c1-22(19,20)18-10-2-9-17-11-14-7-8-15(21-14)12-3-5-13(16)6-4-12/h3-8,17-18H,2,9-11H2,1H3. The molecule has 0 atom stereocenters. The van der Waals surface area contributed by atoms with Crippen molar-refractivity contribution in [2.75, 3.05) is 19.3 Å². The third-order valence-corrected chi connectivity index (χ3v) is 4.85. The summed E-state index contributed by atoms with van der Waals surface area (Å²) in [4.78, 5) is 2.30. The van der Waals surface area contributed by atoms with Crippen LogP contribution >= 0.6 is 11.3 Å². The maximum Gasteiger partial charge on any atom is 0.208 e. The summed E-state index contributed by atoms with van der Waals surface area (Å²) in [6.45, 7) is 1.92. The molecule has 0 saturated heterocycles. The zero-order valence-electron chi connectivity index (χ0n) is 12.3. The normalized spacial score (nSPS) is 11.7. The molecule has 1 aromatic carbocycles. The third-order valence-electron chi connectivity index (χ3n) is 2.98. The predicted octanol–water partition coefficient (Wildman–Crippen LogP) is 2.58. The predicted molar refractivity (Wildman–Crippen MR) is 88.9 cm³/mol. The monoisotopic (exact) mass is 342 g/mol. The van der Waals surface area contributed by atoms with E-state index in [1.165, 1.54) is 17.0 Å². The van der Waals surface area contributed by atoms with Crippen molar-refractivity contribution in [2.24, 2.45) is 0 Å². The molecule has 0 aliphatic carbocycles. The maximum absolute atomic E-state index is 12.9. The summed E-state index contributed by atoms with van der Waals surface area (Å²) in [5.41, 5.74) is 1.01. The van der Waals surface area contributed by atoms with E-state index >= 15 is 0 Å². The Balaban J connectivity index is 1.74. The van der Waals surface area contributed by atoms with Gasteiger partial charge in [0.15, 0.2) is 0 Å². The quantitative estimate of drug-likeness (QED) is 0.725. The first-order valence-electron chi connectivity index (χ1n) is 6.94. The molecule has 0 amide bonds. The molecule has 7 heteroatoms. The van der Waals surface area contributed by atoms with Crippen LogP contribution in [0.4, 0.5) is 4.39 Å². The van der Waals surface area contributed by atoms with Crippen LogP contribution in [0.3, 0.4) is 0 Å². The van der Waals surface area contributed by atoms with Crippen molar-refractivity contribution in [3.63, 3.8) is 0 Å². The fourth-order valence-corrected chi connectivity index (χ4v) is 3.42. The average molecular weight is 342 g/mol. The van der Waals surface area contributed by atoms with Crippen LogP contribution in [0.5, 0.6) is 0 Å². The number of nitrogens with one attached hydrogen (secondary N) is 2. The van der Waals surface area contributed by atoms with Crippen molar-refractivity contribution in [3.8, 4) is 10.4 Å². The lowest BCUT2D eigenvalue weighted by molar-refractivity contribution is 0.579. The molecule has 0 spiro atoms. The molecule has 0 radical (unpaired) electrons. The van der Waals surface area contributed by atoms with Gasteiger partial charge in [-0.15, -0.1) is 11.3 Å². The SMILES string of the molecule is CS(=O)(=O)NCCCNCc1ccc(-c2ccc(F)cc2)s1. The Kier molecular flexibility index (Phi) is 6.07. The van der Waals surface area contributed by atoms with Crippen LogP contribution in [0.15, 0.2) is 36.4 Å². The molecule has 2 N–H and O–H groups in total. The molecule has 0 unspecified atom stereocenters. The molecule has 1 heterocycles. The molecule has 0 aliphatic rings. The molecule has 2 aromatic rings. The van der Waals surface area contributed by atoms with Crippen LogP contribution in [0.1, 0.15) is 11.3 Å². The second-order valence-electron chi connectivity index (χ2n) is 4.97. The number of halogens is 1. The van der Waals surface area contributed by atoms with E-state index in [0.717, 1.165) is 36.2 Å². The fraction of sp³-hybridized carbons (Fsp3) is 0.333. The van der Waals surface area contributed by atoms with Gasteiger partial charge in [0.2, 0.25) is 10.0 Å². The Morgan fingerprint density at radius 2 is 1.82 bits per heavy atom. The highest BCUT2D eigenvalue weighted by Crippen LogP contribution is 2.28. The van der Waals surface area contributed by atoms with E-state index in [9.17, 15) is 12.8 Å². The van der Waals surface area contributed by atoms with Gasteiger partial charge >= 0.3 is 0 Å². The molecule has 22 heavy (non-hydrogen) atoms.